The van der Waals surface area contributed by atoms with Crippen LogP contribution in [-0.2, 0) is 14.4 Å². The molecule has 0 saturated carbocycles. The summed E-state index contributed by atoms with van der Waals surface area (Å²) in [6, 6.07) is 0. The van der Waals surface area contributed by atoms with E-state index in [1.165, 1.54) is 77.0 Å². The number of hydrogen-bond donors (Lipinski definition) is 3. The van der Waals surface area contributed by atoms with Crippen molar-refractivity contribution < 1.29 is 34.2 Å². The summed E-state index contributed by atoms with van der Waals surface area (Å²) in [5.74, 6) is -2.80. The van der Waals surface area contributed by atoms with E-state index < -0.39 is 17.9 Å². The minimum absolute atomic E-state index is 0.0736. The van der Waals surface area contributed by atoms with Gasteiger partial charge in [-0.05, 0) is 32.6 Å². The molecule has 0 bridgehead atoms. The standard InChI is InChI=1S/C28H51NO6/c1-2-3-4-5-6-7-8-9-10-11-12-13-14-15-16-17-18-22-29(23-19-26(30)31,24-20-27(32)33)25-21-28(34)35/h2-3H,4-25H2,1H3,(H2-,30,31,32,33,34,35)/p+1/b3-2+. The number of carbonyl (C=O) groups is 3. The van der Waals surface area contributed by atoms with Crippen LogP contribution in [0.4, 0.5) is 0 Å². The first-order valence-electron chi connectivity index (χ1n) is 13.9. The lowest BCUT2D eigenvalue weighted by Crippen LogP contribution is -2.52. The van der Waals surface area contributed by atoms with E-state index in [1.54, 1.807) is 0 Å². The molecule has 0 rings (SSSR count). The maximum atomic E-state index is 11.1. The Hall–Kier alpha value is -1.89. The van der Waals surface area contributed by atoms with Crippen LogP contribution in [0.3, 0.4) is 0 Å². The van der Waals surface area contributed by atoms with Crippen LogP contribution in [0.2, 0.25) is 0 Å². The largest absolute Gasteiger partial charge is 0.481 e. The molecule has 0 amide bonds. The van der Waals surface area contributed by atoms with Crippen molar-refractivity contribution in [3.05, 3.63) is 12.2 Å². The minimum Gasteiger partial charge on any atom is -0.481 e. The number of quaternary nitrogens is 1. The van der Waals surface area contributed by atoms with Gasteiger partial charge in [0.2, 0.25) is 0 Å². The van der Waals surface area contributed by atoms with Crippen LogP contribution in [0.25, 0.3) is 0 Å². The monoisotopic (exact) mass is 498 g/mol. The molecule has 0 fully saturated rings. The second-order valence-electron chi connectivity index (χ2n) is 9.97. The Morgan fingerprint density at radius 2 is 0.829 bits per heavy atom. The highest BCUT2D eigenvalue weighted by atomic mass is 16.4. The molecule has 0 aromatic heterocycles. The summed E-state index contributed by atoms with van der Waals surface area (Å²) in [4.78, 5) is 33.3. The molecular weight excluding hydrogens is 446 g/mol. The van der Waals surface area contributed by atoms with Gasteiger partial charge in [-0.15, -0.1) is 0 Å². The van der Waals surface area contributed by atoms with Crippen LogP contribution < -0.4 is 0 Å². The summed E-state index contributed by atoms with van der Waals surface area (Å²) in [6.45, 7) is 3.57. The van der Waals surface area contributed by atoms with Gasteiger partial charge < -0.3 is 19.8 Å². The zero-order valence-corrected chi connectivity index (χ0v) is 22.2. The number of nitrogens with zero attached hydrogens (tertiary/aromatic N) is 1. The van der Waals surface area contributed by atoms with E-state index in [0.717, 1.165) is 19.3 Å². The highest BCUT2D eigenvalue weighted by Gasteiger charge is 2.29. The van der Waals surface area contributed by atoms with E-state index in [4.69, 9.17) is 15.3 Å². The first-order chi connectivity index (χ1) is 16.8. The minimum atomic E-state index is -0.932. The first kappa shape index (κ1) is 33.1. The summed E-state index contributed by atoms with van der Waals surface area (Å²) in [5.41, 5.74) is 0. The number of unbranched alkanes of at least 4 members (excludes halogenated alkanes) is 14. The number of carboxylic acids is 3. The summed E-state index contributed by atoms with van der Waals surface area (Å²) in [7, 11) is 0. The molecule has 0 aromatic rings. The van der Waals surface area contributed by atoms with Gasteiger partial charge in [0.1, 0.15) is 0 Å². The zero-order chi connectivity index (χ0) is 26.2. The Morgan fingerprint density at radius 3 is 1.14 bits per heavy atom. The van der Waals surface area contributed by atoms with Gasteiger partial charge in [0, 0.05) is 0 Å². The van der Waals surface area contributed by atoms with Crippen LogP contribution in [0.15, 0.2) is 12.2 Å². The van der Waals surface area contributed by atoms with Crippen LogP contribution >= 0.6 is 0 Å². The third-order valence-corrected chi connectivity index (χ3v) is 6.89. The van der Waals surface area contributed by atoms with Crippen molar-refractivity contribution in [2.45, 2.75) is 122 Å². The fraction of sp³-hybridized carbons (Fsp3) is 0.821. The van der Waals surface area contributed by atoms with E-state index in [1.807, 2.05) is 0 Å². The third kappa shape index (κ3) is 22.3. The SMILES string of the molecule is C/C=C/CCCCCCCCCCCCCCCC[N+](CCC(=O)O)(CCC(=O)O)CCC(=O)O. The molecule has 3 N–H and O–H groups in total. The quantitative estimate of drug-likeness (QED) is 0.0699. The summed E-state index contributed by atoms with van der Waals surface area (Å²) in [5, 5.41) is 27.3. The van der Waals surface area contributed by atoms with Gasteiger partial charge >= 0.3 is 17.9 Å². The van der Waals surface area contributed by atoms with Gasteiger partial charge in [-0.25, -0.2) is 0 Å². The van der Waals surface area contributed by atoms with E-state index >= 15 is 0 Å². The maximum absolute atomic E-state index is 11.1. The second-order valence-corrected chi connectivity index (χ2v) is 9.97. The Labute approximate surface area is 213 Å². The molecule has 0 atom stereocenters. The van der Waals surface area contributed by atoms with Gasteiger partial charge in [0.25, 0.3) is 0 Å². The Kier molecular flexibility index (Phi) is 21.3. The normalized spacial score (nSPS) is 11.8. The topological polar surface area (TPSA) is 112 Å². The predicted molar refractivity (Wildman–Crippen MR) is 141 cm³/mol. The molecule has 0 radical (unpaired) electrons. The van der Waals surface area contributed by atoms with Crippen molar-refractivity contribution >= 4 is 17.9 Å². The van der Waals surface area contributed by atoms with Gasteiger partial charge in [0.15, 0.2) is 0 Å². The second kappa shape index (κ2) is 22.6. The lowest BCUT2D eigenvalue weighted by atomic mass is 10.0. The van der Waals surface area contributed by atoms with Gasteiger partial charge in [-0.3, -0.25) is 14.4 Å². The van der Waals surface area contributed by atoms with Crippen molar-refractivity contribution in [1.29, 1.82) is 0 Å². The summed E-state index contributed by atoms with van der Waals surface area (Å²) in [6.07, 6.45) is 22.8. The molecular formula is C28H52NO6+. The average molecular weight is 499 g/mol. The highest BCUT2D eigenvalue weighted by Crippen LogP contribution is 2.17. The smallest absolute Gasteiger partial charge is 0.309 e. The molecule has 0 saturated heterocycles. The lowest BCUT2D eigenvalue weighted by molar-refractivity contribution is -0.927. The van der Waals surface area contributed by atoms with E-state index in [2.05, 4.69) is 19.1 Å². The molecule has 35 heavy (non-hydrogen) atoms. The Morgan fingerprint density at radius 1 is 0.514 bits per heavy atom. The predicted octanol–water partition coefficient (Wildman–Crippen LogP) is 6.65. The molecule has 0 aromatic carbocycles. The lowest BCUT2D eigenvalue weighted by Gasteiger charge is -2.38. The molecule has 0 aliphatic carbocycles. The van der Waals surface area contributed by atoms with Gasteiger partial charge in [-0.1, -0.05) is 82.8 Å². The Bertz CT molecular complexity index is 544. The van der Waals surface area contributed by atoms with Crippen LogP contribution in [0.5, 0.6) is 0 Å². The first-order valence-corrected chi connectivity index (χ1v) is 13.9. The van der Waals surface area contributed by atoms with Crippen LogP contribution in [-0.4, -0.2) is 63.9 Å². The molecule has 7 nitrogen and oxygen atoms in total. The average Bonchev–Trinajstić information content (AvgIpc) is 2.81. The van der Waals surface area contributed by atoms with Crippen molar-refractivity contribution in [3.63, 3.8) is 0 Å². The summed E-state index contributed by atoms with van der Waals surface area (Å²) >= 11 is 0. The Balaban J connectivity index is 4.00. The number of carboxylic acid groups (broad SMARTS) is 3. The molecule has 0 aliphatic rings. The number of allylic oxidation sites excluding steroid dienone is 2. The molecule has 7 heteroatoms. The number of hydrogen-bond acceptors (Lipinski definition) is 3. The van der Waals surface area contributed by atoms with Crippen molar-refractivity contribution in [2.24, 2.45) is 0 Å². The van der Waals surface area contributed by atoms with Gasteiger partial charge in [-0.2, -0.15) is 0 Å². The fourth-order valence-corrected chi connectivity index (χ4v) is 4.67. The summed E-state index contributed by atoms with van der Waals surface area (Å²) < 4.78 is 0.265. The molecule has 0 aliphatic heterocycles. The highest BCUT2D eigenvalue weighted by molar-refractivity contribution is 5.67. The molecule has 0 spiro atoms. The van der Waals surface area contributed by atoms with Crippen LogP contribution in [0.1, 0.15) is 122 Å². The fourth-order valence-electron chi connectivity index (χ4n) is 4.67. The van der Waals surface area contributed by atoms with E-state index in [0.29, 0.717) is 6.54 Å². The van der Waals surface area contributed by atoms with Crippen LogP contribution in [0, 0.1) is 0 Å². The third-order valence-electron chi connectivity index (χ3n) is 6.89. The maximum Gasteiger partial charge on any atom is 0.309 e. The van der Waals surface area contributed by atoms with Crippen molar-refractivity contribution in [3.8, 4) is 0 Å². The van der Waals surface area contributed by atoms with Crippen molar-refractivity contribution in [2.75, 3.05) is 26.2 Å². The number of rotatable bonds is 26. The molecule has 204 valence electrons. The molecule has 0 heterocycles. The van der Waals surface area contributed by atoms with Crippen molar-refractivity contribution in [1.82, 2.24) is 0 Å². The number of aliphatic carboxylic acids is 3. The van der Waals surface area contributed by atoms with Gasteiger partial charge in [0.05, 0.1) is 45.4 Å². The van der Waals surface area contributed by atoms with E-state index in [9.17, 15) is 14.4 Å². The zero-order valence-electron chi connectivity index (χ0n) is 22.2. The molecule has 0 unspecified atom stereocenters. The van der Waals surface area contributed by atoms with E-state index in [-0.39, 0.29) is 43.4 Å².